The summed E-state index contributed by atoms with van der Waals surface area (Å²) in [5, 5.41) is 19.8. The first kappa shape index (κ1) is 13.7. The summed E-state index contributed by atoms with van der Waals surface area (Å²) >= 11 is 0. The zero-order valence-electron chi connectivity index (χ0n) is 11.3. The van der Waals surface area contributed by atoms with E-state index in [-0.39, 0.29) is 23.9 Å². The van der Waals surface area contributed by atoms with Gasteiger partial charge in [-0.3, -0.25) is 10.1 Å². The average molecular weight is 292 g/mol. The average Bonchev–Trinajstić information content (AvgIpc) is 2.72. The van der Waals surface area contributed by atoms with E-state index in [4.69, 9.17) is 4.74 Å². The molecule has 0 aromatic heterocycles. The second-order valence-corrected chi connectivity index (χ2v) is 5.54. The Labute approximate surface area is 121 Å². The quantitative estimate of drug-likeness (QED) is 0.682. The molecule has 112 valence electrons. The first-order valence-corrected chi connectivity index (χ1v) is 6.97. The van der Waals surface area contributed by atoms with E-state index in [1.807, 2.05) is 0 Å². The van der Waals surface area contributed by atoms with E-state index in [0.29, 0.717) is 18.6 Å². The minimum Gasteiger partial charge on any atom is -0.490 e. The number of amides is 1. The highest BCUT2D eigenvalue weighted by Gasteiger charge is 2.44. The van der Waals surface area contributed by atoms with Crippen molar-refractivity contribution in [1.82, 2.24) is 4.90 Å². The maximum Gasteiger partial charge on any atom is 0.407 e. The molecule has 1 aromatic rings. The Hall–Kier alpha value is -2.31. The molecule has 2 heterocycles. The predicted molar refractivity (Wildman–Crippen MR) is 73.4 cm³/mol. The Balaban J connectivity index is 1.65. The molecule has 2 aliphatic heterocycles. The van der Waals surface area contributed by atoms with Crippen LogP contribution in [0.4, 0.5) is 10.5 Å². The molecule has 3 rings (SSSR count). The highest BCUT2D eigenvalue weighted by molar-refractivity contribution is 5.66. The predicted octanol–water partition coefficient (Wildman–Crippen LogP) is 2.65. The molecule has 2 aliphatic rings. The molecule has 2 fully saturated rings. The number of nitro groups is 1. The zero-order chi connectivity index (χ0) is 15.0. The van der Waals surface area contributed by atoms with Crippen LogP contribution in [-0.2, 0) is 0 Å². The fourth-order valence-electron chi connectivity index (χ4n) is 3.37. The Bertz CT molecular complexity index is 545. The van der Waals surface area contributed by atoms with Gasteiger partial charge in [0, 0.05) is 37.1 Å². The van der Waals surface area contributed by atoms with Gasteiger partial charge in [0.1, 0.15) is 11.9 Å². The van der Waals surface area contributed by atoms with Gasteiger partial charge in [0.15, 0.2) is 0 Å². The van der Waals surface area contributed by atoms with Crippen LogP contribution in [0.3, 0.4) is 0 Å². The maximum atomic E-state index is 11.2. The number of hydrogen-bond donors (Lipinski definition) is 1. The summed E-state index contributed by atoms with van der Waals surface area (Å²) in [7, 11) is 0. The van der Waals surface area contributed by atoms with Crippen LogP contribution in [0.2, 0.25) is 0 Å². The molecule has 0 saturated carbocycles. The minimum atomic E-state index is -0.851. The fourth-order valence-corrected chi connectivity index (χ4v) is 3.37. The summed E-state index contributed by atoms with van der Waals surface area (Å²) in [6, 6.07) is 6.06. The van der Waals surface area contributed by atoms with Gasteiger partial charge in [-0.1, -0.05) is 0 Å². The SMILES string of the molecule is O=C(O)N1C2CCC1CC(Oc1ccc([N+](=O)[O-])cc1)C2. The van der Waals surface area contributed by atoms with Crippen LogP contribution in [-0.4, -0.2) is 39.2 Å². The van der Waals surface area contributed by atoms with E-state index in [9.17, 15) is 20.0 Å². The molecule has 0 aliphatic carbocycles. The van der Waals surface area contributed by atoms with Gasteiger partial charge in [-0.05, 0) is 25.0 Å². The summed E-state index contributed by atoms with van der Waals surface area (Å²) in [5.41, 5.74) is 0.0307. The summed E-state index contributed by atoms with van der Waals surface area (Å²) in [6.45, 7) is 0. The molecule has 0 radical (unpaired) electrons. The number of carboxylic acid groups (broad SMARTS) is 1. The van der Waals surface area contributed by atoms with Gasteiger partial charge in [0.25, 0.3) is 5.69 Å². The molecule has 2 saturated heterocycles. The Morgan fingerprint density at radius 1 is 1.24 bits per heavy atom. The summed E-state index contributed by atoms with van der Waals surface area (Å²) in [5.74, 6) is 0.591. The lowest BCUT2D eigenvalue weighted by Crippen LogP contribution is -2.48. The smallest absolute Gasteiger partial charge is 0.407 e. The number of non-ortho nitro benzene ring substituents is 1. The number of nitrogens with zero attached hydrogens (tertiary/aromatic N) is 2. The fraction of sp³-hybridized carbons (Fsp3) is 0.500. The molecule has 2 bridgehead atoms. The van der Waals surface area contributed by atoms with Crippen LogP contribution in [0.15, 0.2) is 24.3 Å². The third-order valence-corrected chi connectivity index (χ3v) is 4.26. The third kappa shape index (κ3) is 2.63. The van der Waals surface area contributed by atoms with Gasteiger partial charge in [-0.15, -0.1) is 0 Å². The highest BCUT2D eigenvalue weighted by atomic mass is 16.6. The number of hydrogen-bond acceptors (Lipinski definition) is 4. The van der Waals surface area contributed by atoms with Crippen LogP contribution in [0, 0.1) is 10.1 Å². The van der Waals surface area contributed by atoms with Gasteiger partial charge in [-0.25, -0.2) is 4.79 Å². The third-order valence-electron chi connectivity index (χ3n) is 4.26. The van der Waals surface area contributed by atoms with Crippen LogP contribution in [0.1, 0.15) is 25.7 Å². The molecule has 7 nitrogen and oxygen atoms in total. The lowest BCUT2D eigenvalue weighted by Gasteiger charge is -2.37. The summed E-state index contributed by atoms with van der Waals surface area (Å²) in [6.07, 6.45) is 2.25. The first-order chi connectivity index (χ1) is 10.0. The Morgan fingerprint density at radius 3 is 2.29 bits per heavy atom. The molecule has 2 atom stereocenters. The Morgan fingerprint density at radius 2 is 1.81 bits per heavy atom. The van der Waals surface area contributed by atoms with E-state index >= 15 is 0 Å². The van der Waals surface area contributed by atoms with Crippen molar-refractivity contribution in [1.29, 1.82) is 0 Å². The lowest BCUT2D eigenvalue weighted by molar-refractivity contribution is -0.384. The number of carbonyl (C=O) groups is 1. The molecule has 0 spiro atoms. The number of ether oxygens (including phenoxy) is 1. The van der Waals surface area contributed by atoms with Gasteiger partial charge in [0.2, 0.25) is 0 Å². The first-order valence-electron chi connectivity index (χ1n) is 6.97. The van der Waals surface area contributed by atoms with E-state index < -0.39 is 11.0 Å². The van der Waals surface area contributed by atoms with Gasteiger partial charge >= 0.3 is 6.09 Å². The summed E-state index contributed by atoms with van der Waals surface area (Å²) in [4.78, 5) is 22.9. The van der Waals surface area contributed by atoms with E-state index in [1.54, 1.807) is 17.0 Å². The maximum absolute atomic E-state index is 11.2. The molecule has 2 unspecified atom stereocenters. The van der Waals surface area contributed by atoms with Crippen molar-refractivity contribution in [3.63, 3.8) is 0 Å². The molecule has 1 amide bonds. The molecular formula is C14H16N2O5. The molecule has 1 N–H and O–H groups in total. The van der Waals surface area contributed by atoms with Crippen LogP contribution >= 0.6 is 0 Å². The standard InChI is InChI=1S/C14H16N2O5/c17-14(18)15-10-1-2-11(15)8-13(7-10)21-12-5-3-9(4-6-12)16(19)20/h3-6,10-11,13H,1-2,7-8H2,(H,17,18). The minimum absolute atomic E-state index is 0.0282. The molecule has 21 heavy (non-hydrogen) atoms. The van der Waals surface area contributed by atoms with Crippen molar-refractivity contribution in [2.75, 3.05) is 0 Å². The van der Waals surface area contributed by atoms with Crippen LogP contribution in [0.25, 0.3) is 0 Å². The van der Waals surface area contributed by atoms with Crippen molar-refractivity contribution in [2.24, 2.45) is 0 Å². The second kappa shape index (κ2) is 5.23. The summed E-state index contributed by atoms with van der Waals surface area (Å²) < 4.78 is 5.86. The second-order valence-electron chi connectivity index (χ2n) is 5.54. The van der Waals surface area contributed by atoms with Crippen LogP contribution < -0.4 is 4.74 Å². The largest absolute Gasteiger partial charge is 0.490 e. The van der Waals surface area contributed by atoms with E-state index in [0.717, 1.165) is 12.8 Å². The Kier molecular flexibility index (Phi) is 3.40. The van der Waals surface area contributed by atoms with Crippen molar-refractivity contribution < 1.29 is 19.6 Å². The molecule has 1 aromatic carbocycles. The topological polar surface area (TPSA) is 92.9 Å². The number of fused-ring (bicyclic) bond motifs is 2. The molecule has 7 heteroatoms. The monoisotopic (exact) mass is 292 g/mol. The van der Waals surface area contributed by atoms with Crippen LogP contribution in [0.5, 0.6) is 5.75 Å². The van der Waals surface area contributed by atoms with Gasteiger partial charge in [-0.2, -0.15) is 0 Å². The van der Waals surface area contributed by atoms with E-state index in [1.165, 1.54) is 12.1 Å². The zero-order valence-corrected chi connectivity index (χ0v) is 11.3. The number of nitro benzene ring substituents is 1. The van der Waals surface area contributed by atoms with Crippen molar-refractivity contribution in [3.8, 4) is 5.75 Å². The van der Waals surface area contributed by atoms with Gasteiger partial charge < -0.3 is 14.7 Å². The highest BCUT2D eigenvalue weighted by Crippen LogP contribution is 2.37. The van der Waals surface area contributed by atoms with E-state index in [2.05, 4.69) is 0 Å². The van der Waals surface area contributed by atoms with Crippen molar-refractivity contribution in [3.05, 3.63) is 34.4 Å². The number of rotatable bonds is 3. The lowest BCUT2D eigenvalue weighted by atomic mass is 10.0. The number of piperidine rings is 1. The number of benzene rings is 1. The van der Waals surface area contributed by atoms with Crippen molar-refractivity contribution >= 4 is 11.8 Å². The normalized spacial score (nSPS) is 27.4. The molecular weight excluding hydrogens is 276 g/mol. The van der Waals surface area contributed by atoms with Gasteiger partial charge in [0.05, 0.1) is 4.92 Å². The van der Waals surface area contributed by atoms with Crippen molar-refractivity contribution in [2.45, 2.75) is 43.9 Å².